The summed E-state index contributed by atoms with van der Waals surface area (Å²) in [6.07, 6.45) is -1.04. The van der Waals surface area contributed by atoms with Crippen LogP contribution in [0.25, 0.3) is 44.2 Å². The molecule has 5 aromatic rings. The Morgan fingerprint density at radius 3 is 2.61 bits per heavy atom. The van der Waals surface area contributed by atoms with Crippen LogP contribution in [0.3, 0.4) is 0 Å². The van der Waals surface area contributed by atoms with Gasteiger partial charge in [-0.2, -0.15) is 13.2 Å². The first-order valence-electron chi connectivity index (χ1n) is 8.27. The molecule has 0 unspecified atom stereocenters. The lowest BCUT2D eigenvalue weighted by atomic mass is 10.1. The number of nitrogens with one attached hydrogen (secondary N) is 1. The zero-order valence-corrected chi connectivity index (χ0v) is 14.1. The third-order valence-electron chi connectivity index (χ3n) is 4.58. The lowest BCUT2D eigenvalue weighted by Gasteiger charge is -2.12. The molecule has 5 rings (SSSR count). The number of alkyl halides is 3. The smallest absolute Gasteiger partial charge is 0.383 e. The van der Waals surface area contributed by atoms with Gasteiger partial charge in [0.15, 0.2) is 5.82 Å². The largest absolute Gasteiger partial charge is 0.418 e. The Bertz CT molecular complexity index is 1370. The number of rotatable bonds is 1. The number of pyridine rings is 2. The van der Waals surface area contributed by atoms with Gasteiger partial charge in [-0.3, -0.25) is 4.98 Å². The van der Waals surface area contributed by atoms with Crippen molar-refractivity contribution in [2.45, 2.75) is 6.18 Å². The molecule has 0 saturated carbocycles. The zero-order chi connectivity index (χ0) is 19.5. The first kappa shape index (κ1) is 16.4. The normalized spacial score (nSPS) is 12.2. The Hall–Kier alpha value is -3.75. The van der Waals surface area contributed by atoms with Gasteiger partial charge in [0.25, 0.3) is 0 Å². The van der Waals surface area contributed by atoms with E-state index < -0.39 is 11.7 Å². The maximum absolute atomic E-state index is 13.3. The molecule has 6 nitrogen and oxygen atoms in total. The highest BCUT2D eigenvalue weighted by atomic mass is 19.4. The van der Waals surface area contributed by atoms with Gasteiger partial charge in [-0.1, -0.05) is 18.2 Å². The predicted octanol–water partition coefficient (Wildman–Crippen LogP) is 4.32. The van der Waals surface area contributed by atoms with Crippen molar-refractivity contribution in [1.82, 2.24) is 24.9 Å². The van der Waals surface area contributed by atoms with Crippen molar-refractivity contribution in [3.05, 3.63) is 54.5 Å². The van der Waals surface area contributed by atoms with Crippen LogP contribution >= 0.6 is 0 Å². The Morgan fingerprint density at radius 2 is 1.79 bits per heavy atom. The number of nitrogen functional groups attached to an aromatic ring is 1. The molecule has 0 atom stereocenters. The van der Waals surface area contributed by atoms with Crippen LogP contribution in [0.1, 0.15) is 5.56 Å². The molecule has 138 valence electrons. The van der Waals surface area contributed by atoms with Crippen LogP contribution in [0.4, 0.5) is 19.0 Å². The van der Waals surface area contributed by atoms with E-state index in [9.17, 15) is 13.2 Å². The van der Waals surface area contributed by atoms with Crippen molar-refractivity contribution in [3.63, 3.8) is 0 Å². The summed E-state index contributed by atoms with van der Waals surface area (Å²) in [5.74, 6) is -0.0391. The van der Waals surface area contributed by atoms with Crippen molar-refractivity contribution >= 4 is 38.7 Å². The standard InChI is InChI=1S/C19H11F3N6/c20-19(21,22)11-7-24-8-13-15(11)16(23)28-17(27-13)10-5-6-25-18-14(10)9-3-1-2-4-12(9)26-18/h1-8H,(H,25,26)(H2,23,27,28). The summed E-state index contributed by atoms with van der Waals surface area (Å²) >= 11 is 0. The fraction of sp³-hybridized carbons (Fsp3) is 0.0526. The molecule has 4 heterocycles. The van der Waals surface area contributed by atoms with E-state index in [4.69, 9.17) is 5.73 Å². The number of halogens is 3. The van der Waals surface area contributed by atoms with Crippen LogP contribution in [-0.2, 0) is 6.18 Å². The molecule has 0 aliphatic carbocycles. The van der Waals surface area contributed by atoms with Gasteiger partial charge in [0.05, 0.1) is 22.7 Å². The van der Waals surface area contributed by atoms with Crippen LogP contribution < -0.4 is 5.73 Å². The van der Waals surface area contributed by atoms with E-state index in [0.717, 1.165) is 22.5 Å². The molecule has 28 heavy (non-hydrogen) atoms. The first-order valence-corrected chi connectivity index (χ1v) is 8.27. The van der Waals surface area contributed by atoms with Gasteiger partial charge in [-0.05, 0) is 12.1 Å². The monoisotopic (exact) mass is 380 g/mol. The fourth-order valence-corrected chi connectivity index (χ4v) is 3.40. The highest BCUT2D eigenvalue weighted by Crippen LogP contribution is 2.37. The second kappa shape index (κ2) is 5.62. The number of fused-ring (bicyclic) bond motifs is 4. The van der Waals surface area contributed by atoms with E-state index in [2.05, 4.69) is 24.9 Å². The maximum Gasteiger partial charge on any atom is 0.418 e. The molecule has 0 aliphatic rings. The molecular weight excluding hydrogens is 369 g/mol. The summed E-state index contributed by atoms with van der Waals surface area (Å²) in [7, 11) is 0. The number of aromatic nitrogens is 5. The van der Waals surface area contributed by atoms with Crippen molar-refractivity contribution in [1.29, 1.82) is 0 Å². The summed E-state index contributed by atoms with van der Waals surface area (Å²) in [5.41, 5.74) is 7.12. The van der Waals surface area contributed by atoms with Crippen molar-refractivity contribution < 1.29 is 13.2 Å². The number of para-hydroxylation sites is 1. The molecule has 0 radical (unpaired) electrons. The quantitative estimate of drug-likeness (QED) is 0.452. The maximum atomic E-state index is 13.3. The summed E-state index contributed by atoms with van der Waals surface area (Å²) in [4.78, 5) is 19.7. The molecule has 0 aliphatic heterocycles. The SMILES string of the molecule is Nc1nc(-c2ccnc3[nH]c4ccccc4c23)nc2cncc(C(F)(F)F)c12. The minimum Gasteiger partial charge on any atom is -0.383 e. The van der Waals surface area contributed by atoms with Crippen molar-refractivity contribution in [2.75, 3.05) is 5.73 Å². The van der Waals surface area contributed by atoms with E-state index >= 15 is 0 Å². The zero-order valence-electron chi connectivity index (χ0n) is 14.1. The average Bonchev–Trinajstić information content (AvgIpc) is 3.05. The summed E-state index contributed by atoms with van der Waals surface area (Å²) in [5, 5.41) is 1.43. The van der Waals surface area contributed by atoms with Gasteiger partial charge in [0, 0.05) is 34.2 Å². The van der Waals surface area contributed by atoms with Gasteiger partial charge in [0.1, 0.15) is 11.5 Å². The lowest BCUT2D eigenvalue weighted by Crippen LogP contribution is -2.09. The lowest BCUT2D eigenvalue weighted by molar-refractivity contribution is -0.136. The van der Waals surface area contributed by atoms with Crippen LogP contribution in [-0.4, -0.2) is 24.9 Å². The van der Waals surface area contributed by atoms with Crippen LogP contribution in [0, 0.1) is 0 Å². The molecule has 1 aromatic carbocycles. The molecule has 0 fully saturated rings. The molecule has 0 saturated heterocycles. The Labute approximate surface area is 155 Å². The predicted molar refractivity (Wildman–Crippen MR) is 99.3 cm³/mol. The van der Waals surface area contributed by atoms with E-state index in [1.165, 1.54) is 6.20 Å². The Balaban J connectivity index is 1.84. The van der Waals surface area contributed by atoms with Crippen LogP contribution in [0.15, 0.2) is 48.9 Å². The van der Waals surface area contributed by atoms with Gasteiger partial charge in [0.2, 0.25) is 0 Å². The van der Waals surface area contributed by atoms with Crippen molar-refractivity contribution in [2.24, 2.45) is 0 Å². The minimum atomic E-state index is -4.60. The number of nitrogens with zero attached hydrogens (tertiary/aromatic N) is 4. The van der Waals surface area contributed by atoms with Gasteiger partial charge in [-0.25, -0.2) is 15.0 Å². The topological polar surface area (TPSA) is 93.4 Å². The molecule has 0 bridgehead atoms. The number of aromatic amines is 1. The van der Waals surface area contributed by atoms with Gasteiger partial charge >= 0.3 is 6.18 Å². The average molecular weight is 380 g/mol. The second-order valence-corrected chi connectivity index (χ2v) is 6.26. The summed E-state index contributed by atoms with van der Waals surface area (Å²) in [6.45, 7) is 0. The number of hydrogen-bond donors (Lipinski definition) is 2. The van der Waals surface area contributed by atoms with E-state index in [0.29, 0.717) is 11.2 Å². The third-order valence-corrected chi connectivity index (χ3v) is 4.58. The second-order valence-electron chi connectivity index (χ2n) is 6.26. The number of H-pyrrole nitrogens is 1. The highest BCUT2D eigenvalue weighted by molar-refractivity contribution is 6.12. The third kappa shape index (κ3) is 2.36. The highest BCUT2D eigenvalue weighted by Gasteiger charge is 2.34. The van der Waals surface area contributed by atoms with E-state index in [1.807, 2.05) is 24.3 Å². The molecule has 3 N–H and O–H groups in total. The number of hydrogen-bond acceptors (Lipinski definition) is 5. The van der Waals surface area contributed by atoms with E-state index in [-0.39, 0.29) is 22.5 Å². The summed E-state index contributed by atoms with van der Waals surface area (Å²) in [6, 6.07) is 9.33. The van der Waals surface area contributed by atoms with Crippen LogP contribution in [0.5, 0.6) is 0 Å². The first-order chi connectivity index (χ1) is 13.4. The molecule has 0 amide bonds. The minimum absolute atomic E-state index is 0.0297. The van der Waals surface area contributed by atoms with E-state index in [1.54, 1.807) is 12.3 Å². The van der Waals surface area contributed by atoms with Crippen molar-refractivity contribution in [3.8, 4) is 11.4 Å². The van der Waals surface area contributed by atoms with Gasteiger partial charge < -0.3 is 10.7 Å². The molecule has 0 spiro atoms. The number of benzene rings is 1. The number of nitrogens with two attached hydrogens (primary N) is 1. The fourth-order valence-electron chi connectivity index (χ4n) is 3.40. The van der Waals surface area contributed by atoms with Crippen LogP contribution in [0.2, 0.25) is 0 Å². The van der Waals surface area contributed by atoms with Gasteiger partial charge in [-0.15, -0.1) is 0 Å². The molecular formula is C19H11F3N6. The molecule has 9 heteroatoms. The Morgan fingerprint density at radius 1 is 0.964 bits per heavy atom. The Kier molecular flexibility index (Phi) is 3.30. The molecule has 4 aromatic heterocycles. The summed E-state index contributed by atoms with van der Waals surface area (Å²) < 4.78 is 39.9. The number of anilines is 1.